The average molecular weight is 231 g/mol. The molecule has 0 aliphatic carbocycles. The minimum atomic E-state index is 0.194. The number of methoxy groups -OCH3 is 1. The molecule has 1 aromatic rings. The number of ether oxygens (including phenoxy) is 1. The van der Waals surface area contributed by atoms with E-state index in [1.807, 2.05) is 11.6 Å². The van der Waals surface area contributed by atoms with Gasteiger partial charge in [-0.15, -0.1) is 11.6 Å². The number of rotatable bonds is 6. The van der Waals surface area contributed by atoms with E-state index in [4.69, 9.17) is 16.3 Å². The molecule has 0 amide bonds. The predicted molar refractivity (Wildman–Crippen MR) is 62.7 cm³/mol. The molecular weight excluding hydrogens is 212 g/mol. The number of nitrogens with zero attached hydrogens (tertiary/aromatic N) is 2. The molecule has 1 aromatic heterocycles. The van der Waals surface area contributed by atoms with Crippen LogP contribution in [0.2, 0.25) is 0 Å². The van der Waals surface area contributed by atoms with Crippen molar-refractivity contribution in [1.82, 2.24) is 9.78 Å². The van der Waals surface area contributed by atoms with Gasteiger partial charge in [-0.25, -0.2) is 0 Å². The average Bonchev–Trinajstić information content (AvgIpc) is 2.58. The fraction of sp³-hybridized carbons (Fsp3) is 0.727. The largest absolute Gasteiger partial charge is 0.493 e. The van der Waals surface area contributed by atoms with Crippen LogP contribution < -0.4 is 4.74 Å². The zero-order valence-electron chi connectivity index (χ0n) is 9.66. The standard InChI is InChI=1S/C11H19ClN2O/c1-4-7-14-10(6-5-9(2)12)11(15-3)8-13-14/h8-9H,4-7H2,1-3H3. The first kappa shape index (κ1) is 12.4. The van der Waals surface area contributed by atoms with Gasteiger partial charge in [0.05, 0.1) is 19.0 Å². The molecule has 1 atom stereocenters. The van der Waals surface area contributed by atoms with Crippen LogP contribution in [0.5, 0.6) is 5.75 Å². The predicted octanol–water partition coefficient (Wildman–Crippen LogP) is 2.86. The van der Waals surface area contributed by atoms with Crippen LogP contribution in [0.25, 0.3) is 0 Å². The molecule has 0 saturated heterocycles. The smallest absolute Gasteiger partial charge is 0.159 e. The lowest BCUT2D eigenvalue weighted by Crippen LogP contribution is -2.07. The minimum absolute atomic E-state index is 0.194. The van der Waals surface area contributed by atoms with Crippen LogP contribution in [0.3, 0.4) is 0 Å². The third-order valence-corrected chi connectivity index (χ3v) is 2.56. The summed E-state index contributed by atoms with van der Waals surface area (Å²) in [5, 5.41) is 4.50. The minimum Gasteiger partial charge on any atom is -0.493 e. The molecule has 0 aliphatic rings. The molecule has 0 radical (unpaired) electrons. The monoisotopic (exact) mass is 230 g/mol. The normalized spacial score (nSPS) is 12.8. The number of aromatic nitrogens is 2. The van der Waals surface area contributed by atoms with Crippen molar-refractivity contribution in [3.8, 4) is 5.75 Å². The molecule has 3 nitrogen and oxygen atoms in total. The van der Waals surface area contributed by atoms with Gasteiger partial charge in [0.25, 0.3) is 0 Å². The number of halogens is 1. The zero-order valence-corrected chi connectivity index (χ0v) is 10.4. The molecule has 0 aromatic carbocycles. The first-order valence-corrected chi connectivity index (χ1v) is 5.85. The van der Waals surface area contributed by atoms with Crippen molar-refractivity contribution in [1.29, 1.82) is 0 Å². The van der Waals surface area contributed by atoms with Gasteiger partial charge in [-0.1, -0.05) is 6.92 Å². The maximum atomic E-state index is 5.95. The molecule has 0 aliphatic heterocycles. The summed E-state index contributed by atoms with van der Waals surface area (Å²) >= 11 is 5.95. The molecule has 86 valence electrons. The molecule has 1 unspecified atom stereocenters. The molecule has 0 spiro atoms. The number of alkyl halides is 1. The summed E-state index contributed by atoms with van der Waals surface area (Å²) in [6.07, 6.45) is 4.74. The van der Waals surface area contributed by atoms with Crippen molar-refractivity contribution < 1.29 is 4.74 Å². The maximum Gasteiger partial charge on any atom is 0.159 e. The molecule has 0 saturated carbocycles. The summed E-state index contributed by atoms with van der Waals surface area (Å²) < 4.78 is 7.29. The van der Waals surface area contributed by atoms with E-state index in [2.05, 4.69) is 12.0 Å². The molecule has 4 heteroatoms. The number of aryl methyl sites for hydroxylation is 1. The van der Waals surface area contributed by atoms with Crippen LogP contribution in [-0.4, -0.2) is 22.3 Å². The van der Waals surface area contributed by atoms with E-state index in [1.54, 1.807) is 13.3 Å². The second kappa shape index (κ2) is 6.01. The molecule has 15 heavy (non-hydrogen) atoms. The summed E-state index contributed by atoms with van der Waals surface area (Å²) in [5.74, 6) is 0.876. The van der Waals surface area contributed by atoms with Crippen molar-refractivity contribution in [3.63, 3.8) is 0 Å². The van der Waals surface area contributed by atoms with E-state index in [0.29, 0.717) is 0 Å². The lowest BCUT2D eigenvalue weighted by molar-refractivity contribution is 0.405. The van der Waals surface area contributed by atoms with E-state index >= 15 is 0 Å². The van der Waals surface area contributed by atoms with Gasteiger partial charge in [0.2, 0.25) is 0 Å². The summed E-state index contributed by atoms with van der Waals surface area (Å²) in [6, 6.07) is 0. The first-order chi connectivity index (χ1) is 7.19. The molecule has 0 fully saturated rings. The highest BCUT2D eigenvalue weighted by Gasteiger charge is 2.11. The fourth-order valence-corrected chi connectivity index (χ4v) is 1.67. The van der Waals surface area contributed by atoms with Crippen LogP contribution in [0, 0.1) is 0 Å². The Kier molecular flexibility index (Phi) is 4.95. The second-order valence-electron chi connectivity index (χ2n) is 3.70. The summed E-state index contributed by atoms with van der Waals surface area (Å²) in [5.41, 5.74) is 1.16. The Balaban J connectivity index is 2.75. The third-order valence-electron chi connectivity index (χ3n) is 2.34. The second-order valence-corrected chi connectivity index (χ2v) is 4.45. The Morgan fingerprint density at radius 3 is 2.87 bits per heavy atom. The van der Waals surface area contributed by atoms with Crippen LogP contribution in [0.4, 0.5) is 0 Å². The third kappa shape index (κ3) is 3.42. The van der Waals surface area contributed by atoms with Crippen molar-refractivity contribution >= 4 is 11.6 Å². The van der Waals surface area contributed by atoms with E-state index in [0.717, 1.165) is 37.3 Å². The Morgan fingerprint density at radius 1 is 1.60 bits per heavy atom. The van der Waals surface area contributed by atoms with E-state index in [-0.39, 0.29) is 5.38 Å². The molecular formula is C11H19ClN2O. The van der Waals surface area contributed by atoms with Gasteiger partial charge < -0.3 is 4.74 Å². The van der Waals surface area contributed by atoms with E-state index in [1.165, 1.54) is 0 Å². The topological polar surface area (TPSA) is 27.1 Å². The summed E-state index contributed by atoms with van der Waals surface area (Å²) in [6.45, 7) is 5.09. The number of hydrogen-bond donors (Lipinski definition) is 0. The van der Waals surface area contributed by atoms with Gasteiger partial charge >= 0.3 is 0 Å². The Morgan fingerprint density at radius 2 is 2.33 bits per heavy atom. The van der Waals surface area contributed by atoms with Gasteiger partial charge in [-0.05, 0) is 26.2 Å². The van der Waals surface area contributed by atoms with Crippen LogP contribution >= 0.6 is 11.6 Å². The first-order valence-electron chi connectivity index (χ1n) is 5.41. The van der Waals surface area contributed by atoms with Crippen molar-refractivity contribution in [2.75, 3.05) is 7.11 Å². The Hall–Kier alpha value is -0.700. The summed E-state index contributed by atoms with van der Waals surface area (Å²) in [7, 11) is 1.68. The quantitative estimate of drug-likeness (QED) is 0.703. The SMILES string of the molecule is CCCn1ncc(OC)c1CCC(C)Cl. The highest BCUT2D eigenvalue weighted by molar-refractivity contribution is 6.20. The van der Waals surface area contributed by atoms with E-state index in [9.17, 15) is 0 Å². The molecule has 0 bridgehead atoms. The van der Waals surface area contributed by atoms with Crippen molar-refractivity contribution in [2.45, 2.75) is 45.0 Å². The van der Waals surface area contributed by atoms with Crippen molar-refractivity contribution in [2.24, 2.45) is 0 Å². The zero-order chi connectivity index (χ0) is 11.3. The van der Waals surface area contributed by atoms with Crippen LogP contribution in [0.1, 0.15) is 32.4 Å². The lowest BCUT2D eigenvalue weighted by Gasteiger charge is -2.08. The maximum absolute atomic E-state index is 5.95. The molecule has 1 rings (SSSR count). The number of hydrogen-bond acceptors (Lipinski definition) is 2. The molecule has 1 heterocycles. The summed E-state index contributed by atoms with van der Waals surface area (Å²) in [4.78, 5) is 0. The van der Waals surface area contributed by atoms with Crippen molar-refractivity contribution in [3.05, 3.63) is 11.9 Å². The Bertz CT molecular complexity index is 297. The van der Waals surface area contributed by atoms with Gasteiger partial charge in [0.1, 0.15) is 0 Å². The van der Waals surface area contributed by atoms with Crippen LogP contribution in [-0.2, 0) is 13.0 Å². The van der Waals surface area contributed by atoms with Gasteiger partial charge in [-0.3, -0.25) is 4.68 Å². The lowest BCUT2D eigenvalue weighted by atomic mass is 10.2. The molecule has 0 N–H and O–H groups in total. The Labute approximate surface area is 96.4 Å². The highest BCUT2D eigenvalue weighted by Crippen LogP contribution is 2.20. The van der Waals surface area contributed by atoms with E-state index < -0.39 is 0 Å². The highest BCUT2D eigenvalue weighted by atomic mass is 35.5. The fourth-order valence-electron chi connectivity index (χ4n) is 1.56. The van der Waals surface area contributed by atoms with Gasteiger partial charge in [-0.2, -0.15) is 5.10 Å². The van der Waals surface area contributed by atoms with Crippen LogP contribution in [0.15, 0.2) is 6.20 Å². The van der Waals surface area contributed by atoms with Gasteiger partial charge in [0.15, 0.2) is 5.75 Å². The van der Waals surface area contributed by atoms with Gasteiger partial charge in [0, 0.05) is 11.9 Å².